The Kier molecular flexibility index (Phi) is 6.96. The van der Waals surface area contributed by atoms with Crippen molar-refractivity contribution in [3.05, 3.63) is 68.2 Å². The molecule has 0 N–H and O–H groups in total. The highest BCUT2D eigenvalue weighted by Crippen LogP contribution is 2.30. The molecule has 0 bridgehead atoms. The summed E-state index contributed by atoms with van der Waals surface area (Å²) in [6.45, 7) is 4.97. The smallest absolute Gasteiger partial charge is 0.274 e. The number of nitriles is 1. The number of anilines is 1. The highest BCUT2D eigenvalue weighted by Gasteiger charge is 2.28. The number of nitro groups is 1. The van der Waals surface area contributed by atoms with Crippen LogP contribution in [0.2, 0.25) is 10.0 Å². The fourth-order valence-electron chi connectivity index (χ4n) is 2.41. The molecule has 150 valence electrons. The Morgan fingerprint density at radius 1 is 1.21 bits per heavy atom. The van der Waals surface area contributed by atoms with Gasteiger partial charge in [-0.25, -0.2) is 0 Å². The van der Waals surface area contributed by atoms with E-state index in [1.165, 1.54) is 17.1 Å². The largest absolute Gasteiger partial charge is 0.291 e. The fraction of sp³-hybridized carbons (Fsp3) is 0.250. The monoisotopic (exact) mass is 432 g/mol. The molecular weight excluding hydrogens is 415 g/mol. The number of carbonyl (C=O) groups excluding carboxylic acids is 1. The third-order valence-electron chi connectivity index (χ3n) is 3.93. The maximum Gasteiger partial charge on any atom is 0.274 e. The molecule has 0 heterocycles. The van der Waals surface area contributed by atoms with Crippen molar-refractivity contribution >= 4 is 46.1 Å². The first-order valence-corrected chi connectivity index (χ1v) is 9.28. The minimum Gasteiger partial charge on any atom is -0.291 e. The molecule has 9 heteroatoms. The van der Waals surface area contributed by atoms with Crippen LogP contribution in [0, 0.1) is 26.9 Å². The number of hydrazone groups is 1. The lowest BCUT2D eigenvalue weighted by Crippen LogP contribution is -2.30. The molecule has 0 atom stereocenters. The van der Waals surface area contributed by atoms with Crippen LogP contribution in [0.3, 0.4) is 0 Å². The van der Waals surface area contributed by atoms with Gasteiger partial charge in [0.25, 0.3) is 5.69 Å². The number of benzene rings is 2. The number of rotatable bonds is 6. The minimum atomic E-state index is -0.823. The van der Waals surface area contributed by atoms with Gasteiger partial charge in [-0.2, -0.15) is 10.4 Å². The van der Waals surface area contributed by atoms with Gasteiger partial charge in [-0.05, 0) is 18.2 Å². The second-order valence-electron chi connectivity index (χ2n) is 7.18. The van der Waals surface area contributed by atoms with Crippen LogP contribution in [0.25, 0.3) is 0 Å². The van der Waals surface area contributed by atoms with Crippen molar-refractivity contribution in [2.45, 2.75) is 27.3 Å². The molecule has 0 amide bonds. The summed E-state index contributed by atoms with van der Waals surface area (Å²) in [7, 11) is 0. The third-order valence-corrected chi connectivity index (χ3v) is 4.67. The lowest BCUT2D eigenvalue weighted by atomic mass is 9.88. The predicted molar refractivity (Wildman–Crippen MR) is 113 cm³/mol. The van der Waals surface area contributed by atoms with E-state index < -0.39 is 16.1 Å². The summed E-state index contributed by atoms with van der Waals surface area (Å²) in [4.78, 5) is 23.4. The average molecular weight is 433 g/mol. The summed E-state index contributed by atoms with van der Waals surface area (Å²) in [6.07, 6.45) is 0. The van der Waals surface area contributed by atoms with Crippen molar-refractivity contribution in [2.75, 3.05) is 5.01 Å². The molecule has 2 aromatic rings. The molecule has 0 saturated heterocycles. The Morgan fingerprint density at radius 2 is 1.86 bits per heavy atom. The minimum absolute atomic E-state index is 0.0578. The molecule has 0 unspecified atom stereocenters. The lowest BCUT2D eigenvalue weighted by Gasteiger charge is -2.22. The van der Waals surface area contributed by atoms with Crippen molar-refractivity contribution in [3.8, 4) is 6.07 Å². The molecule has 2 rings (SSSR count). The van der Waals surface area contributed by atoms with Crippen molar-refractivity contribution in [1.29, 1.82) is 5.26 Å². The van der Waals surface area contributed by atoms with E-state index in [4.69, 9.17) is 23.2 Å². The summed E-state index contributed by atoms with van der Waals surface area (Å²) < 4.78 is 0. The zero-order valence-electron chi connectivity index (χ0n) is 16.0. The zero-order valence-corrected chi connectivity index (χ0v) is 17.5. The van der Waals surface area contributed by atoms with Gasteiger partial charge in [-0.1, -0.05) is 62.2 Å². The summed E-state index contributed by atoms with van der Waals surface area (Å²) >= 11 is 12.1. The number of carbonyl (C=O) groups is 1. The standard InChI is InChI=1S/C20H18Cl2N4O3/c1-20(2,3)19(27)17(11-23)24-25(14-8-9-15(21)16(22)10-14)12-13-6-4-5-7-18(13)26(28)29/h4-10H,12H2,1-3H3/b24-17-. The van der Waals surface area contributed by atoms with Crippen LogP contribution in [-0.4, -0.2) is 16.4 Å². The Hall–Kier alpha value is -2.95. The first kappa shape index (κ1) is 22.3. The number of nitrogens with zero attached hydrogens (tertiary/aromatic N) is 4. The van der Waals surface area contributed by atoms with E-state index in [1.807, 2.05) is 6.07 Å². The van der Waals surface area contributed by atoms with E-state index in [0.717, 1.165) is 0 Å². The Morgan fingerprint density at radius 3 is 2.41 bits per heavy atom. The number of Topliss-reactive ketones (excluding diaryl/α,β-unsaturated/α-hetero) is 1. The van der Waals surface area contributed by atoms with E-state index in [-0.39, 0.29) is 23.0 Å². The molecular formula is C20H18Cl2N4O3. The van der Waals surface area contributed by atoms with Crippen molar-refractivity contribution in [2.24, 2.45) is 10.5 Å². The van der Waals surface area contributed by atoms with E-state index >= 15 is 0 Å². The van der Waals surface area contributed by atoms with Crippen molar-refractivity contribution < 1.29 is 9.72 Å². The van der Waals surface area contributed by atoms with Gasteiger partial charge in [0.1, 0.15) is 6.07 Å². The average Bonchev–Trinajstić information content (AvgIpc) is 2.66. The van der Waals surface area contributed by atoms with Gasteiger partial charge in [0.15, 0.2) is 5.78 Å². The number of para-hydroxylation sites is 1. The molecule has 0 aliphatic heterocycles. The highest BCUT2D eigenvalue weighted by molar-refractivity contribution is 6.47. The Labute approximate surface area is 178 Å². The van der Waals surface area contributed by atoms with Crippen LogP contribution in [0.1, 0.15) is 26.3 Å². The van der Waals surface area contributed by atoms with Crippen LogP contribution < -0.4 is 5.01 Å². The third kappa shape index (κ3) is 5.53. The highest BCUT2D eigenvalue weighted by atomic mass is 35.5. The maximum atomic E-state index is 12.6. The van der Waals surface area contributed by atoms with E-state index in [9.17, 15) is 20.2 Å². The summed E-state index contributed by atoms with van der Waals surface area (Å²) in [5.41, 5.74) is -0.466. The van der Waals surface area contributed by atoms with E-state index in [1.54, 1.807) is 51.1 Å². The first-order chi connectivity index (χ1) is 13.5. The van der Waals surface area contributed by atoms with Crippen molar-refractivity contribution in [1.82, 2.24) is 0 Å². The van der Waals surface area contributed by atoms with Crippen LogP contribution in [0.4, 0.5) is 11.4 Å². The van der Waals surface area contributed by atoms with Crippen LogP contribution in [-0.2, 0) is 11.3 Å². The van der Waals surface area contributed by atoms with Gasteiger partial charge in [-0.15, -0.1) is 0 Å². The van der Waals surface area contributed by atoms with E-state index in [0.29, 0.717) is 16.3 Å². The topological polar surface area (TPSA) is 99.6 Å². The molecule has 0 aliphatic rings. The second kappa shape index (κ2) is 9.03. The van der Waals surface area contributed by atoms with Gasteiger partial charge in [0.2, 0.25) is 5.71 Å². The van der Waals surface area contributed by atoms with Gasteiger partial charge in [0.05, 0.1) is 32.8 Å². The molecule has 0 saturated carbocycles. The molecule has 0 aromatic heterocycles. The Balaban J connectivity index is 2.59. The molecule has 2 aromatic carbocycles. The number of ketones is 1. The summed E-state index contributed by atoms with van der Waals surface area (Å²) in [6, 6.07) is 12.6. The van der Waals surface area contributed by atoms with Crippen LogP contribution >= 0.6 is 23.2 Å². The summed E-state index contributed by atoms with van der Waals surface area (Å²) in [5.74, 6) is -0.451. The molecule has 29 heavy (non-hydrogen) atoms. The number of halogens is 2. The predicted octanol–water partition coefficient (Wildman–Crippen LogP) is 5.40. The number of hydrogen-bond donors (Lipinski definition) is 0. The molecule has 0 fully saturated rings. The van der Waals surface area contributed by atoms with Crippen molar-refractivity contribution in [3.63, 3.8) is 0 Å². The molecule has 0 spiro atoms. The zero-order chi connectivity index (χ0) is 21.8. The second-order valence-corrected chi connectivity index (χ2v) is 8.00. The SMILES string of the molecule is CC(C)(C)C(=O)/C(C#N)=N\N(Cc1ccccc1[N+](=O)[O-])c1ccc(Cl)c(Cl)c1. The normalized spacial score (nSPS) is 11.7. The lowest BCUT2D eigenvalue weighted by molar-refractivity contribution is -0.385. The van der Waals surface area contributed by atoms with Gasteiger partial charge in [-0.3, -0.25) is 19.9 Å². The fourth-order valence-corrected chi connectivity index (χ4v) is 2.70. The number of nitro benzene ring substituents is 1. The van der Waals surface area contributed by atoms with E-state index in [2.05, 4.69) is 5.10 Å². The van der Waals surface area contributed by atoms with Crippen LogP contribution in [0.15, 0.2) is 47.6 Å². The first-order valence-electron chi connectivity index (χ1n) is 8.53. The molecule has 0 radical (unpaired) electrons. The maximum absolute atomic E-state index is 12.6. The molecule has 0 aliphatic carbocycles. The van der Waals surface area contributed by atoms with Gasteiger partial charge < -0.3 is 0 Å². The van der Waals surface area contributed by atoms with Gasteiger partial charge >= 0.3 is 0 Å². The van der Waals surface area contributed by atoms with Crippen LogP contribution in [0.5, 0.6) is 0 Å². The molecule has 7 nitrogen and oxygen atoms in total. The van der Waals surface area contributed by atoms with Gasteiger partial charge in [0, 0.05) is 11.5 Å². The Bertz CT molecular complexity index is 1020. The quantitative estimate of drug-likeness (QED) is 0.345. The number of hydrogen-bond acceptors (Lipinski definition) is 6. The summed E-state index contributed by atoms with van der Waals surface area (Å²) in [5, 5.41) is 26.9.